The zero-order valence-electron chi connectivity index (χ0n) is 16.0. The third-order valence-electron chi connectivity index (χ3n) is 5.32. The third kappa shape index (κ3) is 3.68. The summed E-state index contributed by atoms with van der Waals surface area (Å²) >= 11 is 9.20. The number of halogens is 2. The molecule has 2 aromatic heterocycles. The number of thioether (sulfide) groups is 1. The van der Waals surface area contributed by atoms with Gasteiger partial charge in [0.05, 0.1) is 11.1 Å². The van der Waals surface area contributed by atoms with Crippen LogP contribution < -0.4 is 5.56 Å². The molecule has 0 bridgehead atoms. The standard InChI is InChI=1S/C23H18ClFN2OS2/c24-15-7-11-17(12-8-15)27-22(28)20-18-3-1-2-4-19(18)30-21(20)26-23(27)29-13-14-5-9-16(25)10-6-14/h5-12H,1-4,13H2. The summed E-state index contributed by atoms with van der Waals surface area (Å²) in [5.41, 5.74) is 2.87. The second-order valence-corrected chi connectivity index (χ2v) is 9.78. The van der Waals surface area contributed by atoms with Gasteiger partial charge in [0.2, 0.25) is 0 Å². The van der Waals surface area contributed by atoms with E-state index in [1.54, 1.807) is 40.2 Å². The molecule has 4 aromatic rings. The van der Waals surface area contributed by atoms with Crippen LogP contribution in [0.2, 0.25) is 5.02 Å². The largest absolute Gasteiger partial charge is 0.268 e. The Hall–Kier alpha value is -2.15. The van der Waals surface area contributed by atoms with E-state index in [4.69, 9.17) is 16.6 Å². The maximum absolute atomic E-state index is 13.7. The van der Waals surface area contributed by atoms with Gasteiger partial charge < -0.3 is 0 Å². The van der Waals surface area contributed by atoms with E-state index in [-0.39, 0.29) is 11.4 Å². The molecular formula is C23H18ClFN2OS2. The Bertz CT molecular complexity index is 1280. The highest BCUT2D eigenvalue weighted by Crippen LogP contribution is 2.35. The highest BCUT2D eigenvalue weighted by atomic mass is 35.5. The molecule has 2 heterocycles. The zero-order valence-corrected chi connectivity index (χ0v) is 18.4. The van der Waals surface area contributed by atoms with Gasteiger partial charge in [-0.1, -0.05) is 35.5 Å². The van der Waals surface area contributed by atoms with Gasteiger partial charge in [-0.05, 0) is 73.2 Å². The van der Waals surface area contributed by atoms with Crippen LogP contribution in [0.1, 0.15) is 28.8 Å². The van der Waals surface area contributed by atoms with Crippen molar-refractivity contribution in [1.29, 1.82) is 0 Å². The van der Waals surface area contributed by atoms with E-state index in [9.17, 15) is 9.18 Å². The summed E-state index contributed by atoms with van der Waals surface area (Å²) in [6, 6.07) is 13.7. The first-order valence-corrected chi connectivity index (χ1v) is 12.0. The van der Waals surface area contributed by atoms with Gasteiger partial charge in [0.25, 0.3) is 5.56 Å². The van der Waals surface area contributed by atoms with Crippen molar-refractivity contribution in [3.8, 4) is 5.69 Å². The minimum absolute atomic E-state index is 0.0247. The summed E-state index contributed by atoms with van der Waals surface area (Å²) in [6.45, 7) is 0. The Morgan fingerprint density at radius 2 is 1.80 bits per heavy atom. The number of thiophene rings is 1. The average Bonchev–Trinajstić information content (AvgIpc) is 3.13. The highest BCUT2D eigenvalue weighted by molar-refractivity contribution is 7.98. The highest BCUT2D eigenvalue weighted by Gasteiger charge is 2.23. The summed E-state index contributed by atoms with van der Waals surface area (Å²) in [7, 11) is 0. The van der Waals surface area contributed by atoms with Crippen molar-refractivity contribution in [2.45, 2.75) is 36.6 Å². The number of rotatable bonds is 4. The average molecular weight is 457 g/mol. The Kier molecular flexibility index (Phi) is 5.39. The molecule has 0 unspecified atom stereocenters. The number of nitrogens with zero attached hydrogens (tertiary/aromatic N) is 2. The molecule has 7 heteroatoms. The fraction of sp³-hybridized carbons (Fsp3) is 0.217. The number of benzene rings is 2. The molecule has 0 N–H and O–H groups in total. The van der Waals surface area contributed by atoms with Crippen LogP contribution in [-0.2, 0) is 18.6 Å². The lowest BCUT2D eigenvalue weighted by molar-refractivity contribution is 0.627. The van der Waals surface area contributed by atoms with Gasteiger partial charge in [-0.25, -0.2) is 9.37 Å². The van der Waals surface area contributed by atoms with E-state index in [2.05, 4.69) is 0 Å². The predicted octanol–water partition coefficient (Wildman–Crippen LogP) is 6.41. The summed E-state index contributed by atoms with van der Waals surface area (Å²) in [6.07, 6.45) is 4.24. The van der Waals surface area contributed by atoms with Gasteiger partial charge in [0.15, 0.2) is 5.16 Å². The first-order chi connectivity index (χ1) is 14.6. The minimum atomic E-state index is -0.259. The van der Waals surface area contributed by atoms with Crippen LogP contribution in [0.5, 0.6) is 0 Å². The van der Waals surface area contributed by atoms with E-state index in [1.807, 2.05) is 12.1 Å². The first kappa shape index (κ1) is 19.8. The van der Waals surface area contributed by atoms with Crippen LogP contribution in [0.3, 0.4) is 0 Å². The monoisotopic (exact) mass is 456 g/mol. The van der Waals surface area contributed by atoms with Gasteiger partial charge >= 0.3 is 0 Å². The molecule has 0 radical (unpaired) electrons. The van der Waals surface area contributed by atoms with Crippen LogP contribution in [0.4, 0.5) is 4.39 Å². The molecule has 30 heavy (non-hydrogen) atoms. The van der Waals surface area contributed by atoms with Crippen LogP contribution in [-0.4, -0.2) is 9.55 Å². The number of hydrogen-bond acceptors (Lipinski definition) is 4. The Labute approximate surface area is 186 Å². The molecule has 3 nitrogen and oxygen atoms in total. The van der Waals surface area contributed by atoms with Gasteiger partial charge in [0, 0.05) is 15.7 Å². The van der Waals surface area contributed by atoms with Crippen LogP contribution in [0.15, 0.2) is 58.5 Å². The van der Waals surface area contributed by atoms with Gasteiger partial charge in [-0.2, -0.15) is 0 Å². The van der Waals surface area contributed by atoms with Gasteiger partial charge in [-0.15, -0.1) is 11.3 Å². The second kappa shape index (κ2) is 8.17. The van der Waals surface area contributed by atoms with E-state index in [1.165, 1.54) is 34.3 Å². The van der Waals surface area contributed by atoms with Crippen LogP contribution in [0, 0.1) is 5.82 Å². The number of fused-ring (bicyclic) bond motifs is 3. The quantitative estimate of drug-likeness (QED) is 0.263. The first-order valence-electron chi connectivity index (χ1n) is 9.80. The lowest BCUT2D eigenvalue weighted by Gasteiger charge is -2.14. The molecule has 1 aliphatic rings. The SMILES string of the molecule is O=c1c2c3c(sc2nc(SCc2ccc(F)cc2)n1-c1ccc(Cl)cc1)CCCC3. The smallest absolute Gasteiger partial charge is 0.267 e. The lowest BCUT2D eigenvalue weighted by Crippen LogP contribution is -2.22. The molecule has 0 spiro atoms. The number of aromatic nitrogens is 2. The van der Waals surface area contributed by atoms with Gasteiger partial charge in [-0.3, -0.25) is 9.36 Å². The fourth-order valence-corrected chi connectivity index (χ4v) is 6.23. The topological polar surface area (TPSA) is 34.9 Å². The molecule has 0 fully saturated rings. The molecule has 0 aliphatic heterocycles. The van der Waals surface area contributed by atoms with E-state index in [0.29, 0.717) is 15.9 Å². The second-order valence-electron chi connectivity index (χ2n) is 7.32. The predicted molar refractivity (Wildman–Crippen MR) is 123 cm³/mol. The lowest BCUT2D eigenvalue weighted by atomic mass is 9.97. The Balaban J connectivity index is 1.65. The molecule has 152 valence electrons. The van der Waals surface area contributed by atoms with Crippen molar-refractivity contribution in [1.82, 2.24) is 9.55 Å². The van der Waals surface area contributed by atoms with Crippen molar-refractivity contribution in [2.24, 2.45) is 0 Å². The number of hydrogen-bond donors (Lipinski definition) is 0. The van der Waals surface area contributed by atoms with E-state index < -0.39 is 0 Å². The van der Waals surface area contributed by atoms with Crippen molar-refractivity contribution < 1.29 is 4.39 Å². The molecule has 0 saturated heterocycles. The van der Waals surface area contributed by atoms with Crippen molar-refractivity contribution >= 4 is 44.9 Å². The Morgan fingerprint density at radius 1 is 1.07 bits per heavy atom. The summed E-state index contributed by atoms with van der Waals surface area (Å²) < 4.78 is 14.9. The van der Waals surface area contributed by atoms with E-state index >= 15 is 0 Å². The molecule has 0 atom stereocenters. The van der Waals surface area contributed by atoms with Crippen molar-refractivity contribution in [2.75, 3.05) is 0 Å². The van der Waals surface area contributed by atoms with Gasteiger partial charge in [0.1, 0.15) is 10.6 Å². The summed E-state index contributed by atoms with van der Waals surface area (Å²) in [5.74, 6) is 0.335. The molecule has 5 rings (SSSR count). The minimum Gasteiger partial charge on any atom is -0.268 e. The summed E-state index contributed by atoms with van der Waals surface area (Å²) in [4.78, 5) is 20.7. The third-order valence-corrected chi connectivity index (χ3v) is 7.77. The van der Waals surface area contributed by atoms with Crippen LogP contribution >= 0.6 is 34.7 Å². The van der Waals surface area contributed by atoms with E-state index in [0.717, 1.165) is 47.2 Å². The van der Waals surface area contributed by atoms with Crippen molar-refractivity contribution in [3.05, 3.63) is 85.7 Å². The normalized spacial score (nSPS) is 13.5. The molecule has 2 aromatic carbocycles. The molecule has 1 aliphatic carbocycles. The Morgan fingerprint density at radius 3 is 2.57 bits per heavy atom. The summed E-state index contributed by atoms with van der Waals surface area (Å²) in [5, 5.41) is 2.02. The number of aryl methyl sites for hydroxylation is 2. The zero-order chi connectivity index (χ0) is 20.7. The maximum Gasteiger partial charge on any atom is 0.267 e. The van der Waals surface area contributed by atoms with Crippen LogP contribution in [0.25, 0.3) is 15.9 Å². The van der Waals surface area contributed by atoms with Crippen molar-refractivity contribution in [3.63, 3.8) is 0 Å². The maximum atomic E-state index is 13.7. The molecular weight excluding hydrogens is 439 g/mol. The fourth-order valence-electron chi connectivity index (χ4n) is 3.83. The molecule has 0 amide bonds. The molecule has 0 saturated carbocycles.